The van der Waals surface area contributed by atoms with Crippen molar-refractivity contribution in [2.45, 2.75) is 58.5 Å². The first kappa shape index (κ1) is 16.6. The summed E-state index contributed by atoms with van der Waals surface area (Å²) in [4.78, 5) is 0. The summed E-state index contributed by atoms with van der Waals surface area (Å²) in [6.07, 6.45) is 14.0. The highest BCUT2D eigenvalue weighted by atomic mass is 16.3. The fourth-order valence-corrected chi connectivity index (χ4v) is 1.41. The van der Waals surface area contributed by atoms with Crippen LogP contribution in [0.1, 0.15) is 52.4 Å². The number of rotatable bonds is 7. The molecule has 1 heteroatoms. The van der Waals surface area contributed by atoms with Gasteiger partial charge in [0.15, 0.2) is 0 Å². The number of aliphatic hydroxyl groups excluding tert-OH is 1. The first-order valence-electron chi connectivity index (χ1n) is 6.78. The number of aliphatic hydroxyl groups is 1. The Labute approximate surface area is 112 Å². The van der Waals surface area contributed by atoms with Gasteiger partial charge >= 0.3 is 0 Å². The van der Waals surface area contributed by atoms with Gasteiger partial charge in [-0.2, -0.15) is 0 Å². The SMILES string of the molecule is CC=CC#CC#CC(O)C=CCCCCCCC. The van der Waals surface area contributed by atoms with Crippen LogP contribution >= 0.6 is 0 Å². The van der Waals surface area contributed by atoms with Crippen LogP contribution in [0, 0.1) is 23.7 Å². The lowest BCUT2D eigenvalue weighted by atomic mass is 10.1. The van der Waals surface area contributed by atoms with E-state index in [4.69, 9.17) is 0 Å². The molecule has 0 spiro atoms. The van der Waals surface area contributed by atoms with Gasteiger partial charge < -0.3 is 5.11 Å². The minimum absolute atomic E-state index is 0.694. The molecule has 0 radical (unpaired) electrons. The fraction of sp³-hybridized carbons (Fsp3) is 0.529. The predicted molar refractivity (Wildman–Crippen MR) is 78.9 cm³/mol. The quantitative estimate of drug-likeness (QED) is 0.410. The molecule has 18 heavy (non-hydrogen) atoms. The summed E-state index contributed by atoms with van der Waals surface area (Å²) in [7, 11) is 0. The molecular weight excluding hydrogens is 220 g/mol. The molecule has 0 saturated heterocycles. The highest BCUT2D eigenvalue weighted by molar-refractivity contribution is 5.32. The van der Waals surface area contributed by atoms with Crippen molar-refractivity contribution in [2.24, 2.45) is 0 Å². The third-order valence-corrected chi connectivity index (χ3v) is 2.40. The zero-order valence-electron chi connectivity index (χ0n) is 11.6. The smallest absolute Gasteiger partial charge is 0.134 e. The lowest BCUT2D eigenvalue weighted by Crippen LogP contribution is -1.96. The van der Waals surface area contributed by atoms with Crippen LogP contribution in [0.4, 0.5) is 0 Å². The standard InChI is InChI=1S/C17H24O/c1-3-5-7-9-10-12-14-16-17(18)15-13-11-8-6-4-2/h4,6,14,16-18H,3,5,7,9-10,12H2,1-2H3. The van der Waals surface area contributed by atoms with Crippen LogP contribution in [0.2, 0.25) is 0 Å². The van der Waals surface area contributed by atoms with E-state index in [-0.39, 0.29) is 0 Å². The van der Waals surface area contributed by atoms with Crippen LogP contribution in [0.25, 0.3) is 0 Å². The third kappa shape index (κ3) is 12.6. The Morgan fingerprint density at radius 1 is 1.11 bits per heavy atom. The van der Waals surface area contributed by atoms with Crippen molar-refractivity contribution in [1.82, 2.24) is 0 Å². The van der Waals surface area contributed by atoms with Crippen LogP contribution in [-0.4, -0.2) is 11.2 Å². The number of hydrogen-bond donors (Lipinski definition) is 1. The van der Waals surface area contributed by atoms with E-state index in [9.17, 15) is 5.11 Å². The average molecular weight is 244 g/mol. The zero-order chi connectivity index (χ0) is 13.5. The molecule has 1 nitrogen and oxygen atoms in total. The Bertz CT molecular complexity index is 355. The summed E-state index contributed by atoms with van der Waals surface area (Å²) in [5.74, 6) is 10.7. The van der Waals surface area contributed by atoms with Gasteiger partial charge in [-0.05, 0) is 43.8 Å². The summed E-state index contributed by atoms with van der Waals surface area (Å²) in [6, 6.07) is 0. The van der Waals surface area contributed by atoms with E-state index in [2.05, 4.69) is 30.6 Å². The van der Waals surface area contributed by atoms with Gasteiger partial charge in [0.25, 0.3) is 0 Å². The Morgan fingerprint density at radius 3 is 2.61 bits per heavy atom. The molecular formula is C17H24O. The monoisotopic (exact) mass is 244 g/mol. The highest BCUT2D eigenvalue weighted by Gasteiger charge is 1.90. The second-order valence-corrected chi connectivity index (χ2v) is 4.11. The minimum Gasteiger partial charge on any atom is -0.377 e. The Balaban J connectivity index is 3.68. The van der Waals surface area contributed by atoms with E-state index in [0.29, 0.717) is 0 Å². The highest BCUT2D eigenvalue weighted by Crippen LogP contribution is 2.05. The summed E-state index contributed by atoms with van der Waals surface area (Å²) in [5.41, 5.74) is 0. The van der Waals surface area contributed by atoms with Crippen LogP contribution in [0.5, 0.6) is 0 Å². The van der Waals surface area contributed by atoms with E-state index in [1.54, 1.807) is 12.2 Å². The Morgan fingerprint density at radius 2 is 1.89 bits per heavy atom. The van der Waals surface area contributed by atoms with Crippen molar-refractivity contribution >= 4 is 0 Å². The molecule has 1 N–H and O–H groups in total. The summed E-state index contributed by atoms with van der Waals surface area (Å²) in [5, 5.41) is 9.50. The average Bonchev–Trinajstić information content (AvgIpc) is 2.37. The zero-order valence-corrected chi connectivity index (χ0v) is 11.6. The maximum atomic E-state index is 9.50. The molecule has 0 aliphatic carbocycles. The lowest BCUT2D eigenvalue weighted by Gasteiger charge is -1.96. The molecule has 0 bridgehead atoms. The van der Waals surface area contributed by atoms with E-state index in [1.165, 1.54) is 32.1 Å². The molecule has 0 aliphatic rings. The van der Waals surface area contributed by atoms with Crippen LogP contribution < -0.4 is 0 Å². The topological polar surface area (TPSA) is 20.2 Å². The van der Waals surface area contributed by atoms with E-state index < -0.39 is 6.10 Å². The molecule has 0 saturated carbocycles. The second-order valence-electron chi connectivity index (χ2n) is 4.11. The van der Waals surface area contributed by atoms with Crippen molar-refractivity contribution in [3.8, 4) is 23.7 Å². The van der Waals surface area contributed by atoms with Crippen LogP contribution in [-0.2, 0) is 0 Å². The van der Waals surface area contributed by atoms with Gasteiger partial charge in [0.1, 0.15) is 6.10 Å². The molecule has 0 aromatic rings. The number of hydrogen-bond acceptors (Lipinski definition) is 1. The first-order chi connectivity index (χ1) is 8.81. The summed E-state index contributed by atoms with van der Waals surface area (Å²) < 4.78 is 0. The largest absolute Gasteiger partial charge is 0.377 e. The molecule has 0 aromatic heterocycles. The molecule has 1 atom stereocenters. The predicted octanol–water partition coefficient (Wildman–Crippen LogP) is 3.85. The van der Waals surface area contributed by atoms with E-state index in [0.717, 1.165) is 6.42 Å². The van der Waals surface area contributed by atoms with Crippen molar-refractivity contribution in [3.05, 3.63) is 24.3 Å². The maximum Gasteiger partial charge on any atom is 0.134 e. The molecule has 0 heterocycles. The minimum atomic E-state index is -0.694. The molecule has 0 aromatic carbocycles. The molecule has 0 fully saturated rings. The van der Waals surface area contributed by atoms with Crippen LogP contribution in [0.15, 0.2) is 24.3 Å². The second kappa shape index (κ2) is 13.6. The van der Waals surface area contributed by atoms with Gasteiger partial charge in [-0.1, -0.05) is 56.6 Å². The van der Waals surface area contributed by atoms with Crippen molar-refractivity contribution in [2.75, 3.05) is 0 Å². The molecule has 0 aliphatic heterocycles. The van der Waals surface area contributed by atoms with Gasteiger partial charge in [0.05, 0.1) is 0 Å². The van der Waals surface area contributed by atoms with E-state index >= 15 is 0 Å². The Kier molecular flexibility index (Phi) is 12.5. The lowest BCUT2D eigenvalue weighted by molar-refractivity contribution is 0.280. The van der Waals surface area contributed by atoms with Crippen molar-refractivity contribution in [1.29, 1.82) is 0 Å². The maximum absolute atomic E-state index is 9.50. The third-order valence-electron chi connectivity index (χ3n) is 2.40. The van der Waals surface area contributed by atoms with Gasteiger partial charge in [-0.25, -0.2) is 0 Å². The van der Waals surface area contributed by atoms with Gasteiger partial charge in [-0.15, -0.1) is 0 Å². The van der Waals surface area contributed by atoms with Gasteiger partial charge in [-0.3, -0.25) is 0 Å². The summed E-state index contributed by atoms with van der Waals surface area (Å²) >= 11 is 0. The number of unbranched alkanes of at least 4 members (excludes halogenated alkanes) is 5. The van der Waals surface area contributed by atoms with E-state index in [1.807, 2.05) is 19.1 Å². The summed E-state index contributed by atoms with van der Waals surface area (Å²) in [6.45, 7) is 4.12. The first-order valence-corrected chi connectivity index (χ1v) is 6.78. The van der Waals surface area contributed by atoms with Crippen LogP contribution in [0.3, 0.4) is 0 Å². The normalized spacial score (nSPS) is 11.9. The van der Waals surface area contributed by atoms with Crippen molar-refractivity contribution < 1.29 is 5.11 Å². The number of allylic oxidation sites excluding steroid dienone is 3. The Hall–Kier alpha value is -1.44. The molecule has 0 amide bonds. The fourth-order valence-electron chi connectivity index (χ4n) is 1.41. The molecule has 98 valence electrons. The molecule has 1 unspecified atom stereocenters. The molecule has 0 rings (SSSR count). The van der Waals surface area contributed by atoms with Gasteiger partial charge in [0.2, 0.25) is 0 Å². The van der Waals surface area contributed by atoms with Gasteiger partial charge in [0, 0.05) is 0 Å². The van der Waals surface area contributed by atoms with Crippen molar-refractivity contribution in [3.63, 3.8) is 0 Å².